The average Bonchev–Trinajstić information content (AvgIpc) is 3.08. The molecular weight excluding hydrogens is 304 g/mol. The highest BCUT2D eigenvalue weighted by atomic mass is 15.4. The van der Waals surface area contributed by atoms with Crippen molar-refractivity contribution in [1.29, 1.82) is 0 Å². The second kappa shape index (κ2) is 6.64. The predicted molar refractivity (Wildman–Crippen MR) is 107 cm³/mol. The van der Waals surface area contributed by atoms with Gasteiger partial charge in [-0.05, 0) is 60.4 Å². The largest absolute Gasteiger partial charge is 0.321 e. The van der Waals surface area contributed by atoms with Crippen LogP contribution in [0.4, 0.5) is 22.7 Å². The van der Waals surface area contributed by atoms with E-state index in [1.807, 2.05) is 0 Å². The van der Waals surface area contributed by atoms with Crippen LogP contribution in [0, 0.1) is 0 Å². The van der Waals surface area contributed by atoms with Gasteiger partial charge in [0.05, 0.1) is 11.4 Å². The molecule has 0 fully saturated rings. The van der Waals surface area contributed by atoms with E-state index in [2.05, 4.69) is 96.4 Å². The normalized spacial score (nSPS) is 13.2. The minimum atomic E-state index is 0.844. The van der Waals surface area contributed by atoms with E-state index in [4.69, 9.17) is 0 Å². The van der Waals surface area contributed by atoms with Crippen molar-refractivity contribution in [3.05, 3.63) is 83.9 Å². The fraction of sp³-hybridized carbons (Fsp3) is 0.217. The van der Waals surface area contributed by atoms with Crippen LogP contribution >= 0.6 is 0 Å². The molecule has 3 aromatic carbocycles. The molecule has 25 heavy (non-hydrogen) atoms. The van der Waals surface area contributed by atoms with Gasteiger partial charge in [-0.15, -0.1) is 0 Å². The zero-order valence-corrected chi connectivity index (χ0v) is 14.9. The molecule has 0 unspecified atom stereocenters. The number of benzene rings is 3. The molecule has 0 aromatic heterocycles. The lowest BCUT2D eigenvalue weighted by atomic mass is 10.1. The van der Waals surface area contributed by atoms with Crippen molar-refractivity contribution in [3.63, 3.8) is 0 Å². The van der Waals surface area contributed by atoms with Gasteiger partial charge in [0.25, 0.3) is 0 Å². The Morgan fingerprint density at radius 2 is 1.00 bits per heavy atom. The molecule has 1 aliphatic heterocycles. The zero-order chi connectivity index (χ0) is 17.2. The molecule has 0 bridgehead atoms. The molecule has 0 atom stereocenters. The molecule has 0 radical (unpaired) electrons. The standard InChI is InChI=1S/C23H24N2/c1-3-18-9-13-20(14-10-18)24-17-25(23-8-6-5-7-22(23)24)21-15-11-19(4-2)12-16-21/h5-16H,3-4,17H2,1-2H3. The highest BCUT2D eigenvalue weighted by Gasteiger charge is 2.27. The average molecular weight is 328 g/mol. The SMILES string of the molecule is CCc1ccc(N2CN(c3ccc(CC)cc3)c3ccccc32)cc1. The van der Waals surface area contributed by atoms with Crippen LogP contribution in [0.25, 0.3) is 0 Å². The Balaban J connectivity index is 1.71. The Hall–Kier alpha value is -2.74. The van der Waals surface area contributed by atoms with E-state index in [1.165, 1.54) is 33.9 Å². The van der Waals surface area contributed by atoms with Crippen molar-refractivity contribution in [2.24, 2.45) is 0 Å². The van der Waals surface area contributed by atoms with E-state index < -0.39 is 0 Å². The smallest absolute Gasteiger partial charge is 0.100 e. The van der Waals surface area contributed by atoms with Crippen LogP contribution in [0.1, 0.15) is 25.0 Å². The molecular formula is C23H24N2. The maximum absolute atomic E-state index is 2.39. The van der Waals surface area contributed by atoms with Crippen LogP contribution in [0.15, 0.2) is 72.8 Å². The summed E-state index contributed by atoms with van der Waals surface area (Å²) in [6.45, 7) is 5.24. The van der Waals surface area contributed by atoms with Crippen LogP contribution < -0.4 is 9.80 Å². The summed E-state index contributed by atoms with van der Waals surface area (Å²) in [5.74, 6) is 0. The lowest BCUT2D eigenvalue weighted by molar-refractivity contribution is 0.987. The highest BCUT2D eigenvalue weighted by Crippen LogP contribution is 2.43. The van der Waals surface area contributed by atoms with Gasteiger partial charge in [-0.2, -0.15) is 0 Å². The second-order valence-corrected chi connectivity index (χ2v) is 6.53. The first kappa shape index (κ1) is 15.8. The molecule has 0 saturated carbocycles. The van der Waals surface area contributed by atoms with Gasteiger partial charge in [-0.1, -0.05) is 50.2 Å². The van der Waals surface area contributed by atoms with Gasteiger partial charge in [-0.25, -0.2) is 0 Å². The van der Waals surface area contributed by atoms with Gasteiger partial charge >= 0.3 is 0 Å². The molecule has 0 spiro atoms. The molecule has 0 aliphatic carbocycles. The molecule has 126 valence electrons. The molecule has 4 rings (SSSR count). The molecule has 1 aliphatic rings. The third kappa shape index (κ3) is 2.89. The van der Waals surface area contributed by atoms with Crippen molar-refractivity contribution in [1.82, 2.24) is 0 Å². The number of rotatable bonds is 4. The summed E-state index contributed by atoms with van der Waals surface area (Å²) in [6, 6.07) is 26.5. The second-order valence-electron chi connectivity index (χ2n) is 6.53. The van der Waals surface area contributed by atoms with E-state index in [0.717, 1.165) is 19.5 Å². The first-order valence-corrected chi connectivity index (χ1v) is 9.12. The topological polar surface area (TPSA) is 6.48 Å². The molecule has 0 saturated heterocycles. The number of hydrogen-bond donors (Lipinski definition) is 0. The van der Waals surface area contributed by atoms with Crippen molar-refractivity contribution in [2.45, 2.75) is 26.7 Å². The lowest BCUT2D eigenvalue weighted by Gasteiger charge is -2.22. The van der Waals surface area contributed by atoms with Crippen molar-refractivity contribution in [3.8, 4) is 0 Å². The number of aryl methyl sites for hydroxylation is 2. The number of nitrogens with zero attached hydrogens (tertiary/aromatic N) is 2. The van der Waals surface area contributed by atoms with Gasteiger partial charge in [0, 0.05) is 11.4 Å². The Morgan fingerprint density at radius 1 is 0.600 bits per heavy atom. The Labute approximate surface area is 150 Å². The van der Waals surface area contributed by atoms with Gasteiger partial charge in [0.1, 0.15) is 6.67 Å². The minimum absolute atomic E-state index is 0.844. The van der Waals surface area contributed by atoms with E-state index in [1.54, 1.807) is 0 Å². The van der Waals surface area contributed by atoms with Gasteiger partial charge < -0.3 is 9.80 Å². The molecule has 0 N–H and O–H groups in total. The van der Waals surface area contributed by atoms with Crippen molar-refractivity contribution in [2.75, 3.05) is 16.5 Å². The van der Waals surface area contributed by atoms with Gasteiger partial charge in [0.15, 0.2) is 0 Å². The third-order valence-corrected chi connectivity index (χ3v) is 5.06. The Morgan fingerprint density at radius 3 is 1.36 bits per heavy atom. The lowest BCUT2D eigenvalue weighted by Crippen LogP contribution is -2.23. The van der Waals surface area contributed by atoms with E-state index >= 15 is 0 Å². The van der Waals surface area contributed by atoms with Crippen LogP contribution in [0.2, 0.25) is 0 Å². The van der Waals surface area contributed by atoms with E-state index in [-0.39, 0.29) is 0 Å². The fourth-order valence-corrected chi connectivity index (χ4v) is 3.48. The molecule has 2 nitrogen and oxygen atoms in total. The first-order chi connectivity index (χ1) is 12.3. The van der Waals surface area contributed by atoms with E-state index in [0.29, 0.717) is 0 Å². The maximum atomic E-state index is 2.39. The molecule has 3 aromatic rings. The van der Waals surface area contributed by atoms with Crippen LogP contribution in [-0.4, -0.2) is 6.67 Å². The summed E-state index contributed by atoms with van der Waals surface area (Å²) < 4.78 is 0. The quantitative estimate of drug-likeness (QED) is 0.574. The first-order valence-electron chi connectivity index (χ1n) is 9.12. The van der Waals surface area contributed by atoms with Crippen molar-refractivity contribution < 1.29 is 0 Å². The third-order valence-electron chi connectivity index (χ3n) is 5.06. The summed E-state index contributed by atoms with van der Waals surface area (Å²) in [5, 5.41) is 0. The monoisotopic (exact) mass is 328 g/mol. The Bertz CT molecular complexity index is 778. The molecule has 0 amide bonds. The number of anilines is 4. The van der Waals surface area contributed by atoms with Crippen LogP contribution in [0.5, 0.6) is 0 Å². The van der Waals surface area contributed by atoms with Crippen LogP contribution in [0.3, 0.4) is 0 Å². The number of para-hydroxylation sites is 2. The maximum Gasteiger partial charge on any atom is 0.100 e. The van der Waals surface area contributed by atoms with Crippen LogP contribution in [-0.2, 0) is 12.8 Å². The fourth-order valence-electron chi connectivity index (χ4n) is 3.48. The molecule has 2 heteroatoms. The number of hydrogen-bond acceptors (Lipinski definition) is 2. The Kier molecular flexibility index (Phi) is 4.19. The summed E-state index contributed by atoms with van der Waals surface area (Å²) in [5.41, 5.74) is 7.79. The summed E-state index contributed by atoms with van der Waals surface area (Å²) in [6.07, 6.45) is 2.15. The minimum Gasteiger partial charge on any atom is -0.321 e. The predicted octanol–water partition coefficient (Wildman–Crippen LogP) is 6.06. The molecule has 1 heterocycles. The summed E-state index contributed by atoms with van der Waals surface area (Å²) >= 11 is 0. The zero-order valence-electron chi connectivity index (χ0n) is 14.9. The van der Waals surface area contributed by atoms with Gasteiger partial charge in [-0.3, -0.25) is 0 Å². The van der Waals surface area contributed by atoms with Crippen molar-refractivity contribution >= 4 is 22.7 Å². The highest BCUT2D eigenvalue weighted by molar-refractivity contribution is 5.86. The van der Waals surface area contributed by atoms with Gasteiger partial charge in [0.2, 0.25) is 0 Å². The van der Waals surface area contributed by atoms with E-state index in [9.17, 15) is 0 Å². The number of fused-ring (bicyclic) bond motifs is 1. The summed E-state index contributed by atoms with van der Waals surface area (Å²) in [4.78, 5) is 4.78. The summed E-state index contributed by atoms with van der Waals surface area (Å²) in [7, 11) is 0.